The van der Waals surface area contributed by atoms with Crippen molar-refractivity contribution < 1.29 is 18.0 Å². The summed E-state index contributed by atoms with van der Waals surface area (Å²) < 4.78 is 26.1. The molecular formula is C22H24Cl5N3O4S. The first kappa shape index (κ1) is 29.8. The van der Waals surface area contributed by atoms with E-state index in [-0.39, 0.29) is 33.3 Å². The summed E-state index contributed by atoms with van der Waals surface area (Å²) >= 11 is 30.6. The van der Waals surface area contributed by atoms with Crippen LogP contribution in [0, 0.1) is 0 Å². The van der Waals surface area contributed by atoms with Crippen molar-refractivity contribution >= 4 is 85.5 Å². The maximum atomic E-state index is 13.5. The zero-order valence-electron chi connectivity index (χ0n) is 19.3. The van der Waals surface area contributed by atoms with Crippen molar-refractivity contribution in [3.8, 4) is 0 Å². The number of benzene rings is 2. The van der Waals surface area contributed by atoms with Crippen LogP contribution < -0.4 is 9.62 Å². The van der Waals surface area contributed by atoms with Crippen molar-refractivity contribution in [2.24, 2.45) is 0 Å². The Balaban J connectivity index is 2.50. The minimum atomic E-state index is -3.99. The van der Waals surface area contributed by atoms with Gasteiger partial charge in [-0.25, -0.2) is 8.42 Å². The standard InChI is InChI=1S/C22H24Cl5N3O4S/c1-12(2)28-22(32)13(3)29(10-14-5-6-15(23)7-16(14)24)21(31)11-30(35(4,33)34)20-9-18(26)17(25)8-19(20)27/h5-9,12-13H,10-11H2,1-4H3,(H,28,32). The van der Waals surface area contributed by atoms with Gasteiger partial charge in [-0.1, -0.05) is 64.1 Å². The van der Waals surface area contributed by atoms with Crippen LogP contribution in [0.1, 0.15) is 26.3 Å². The van der Waals surface area contributed by atoms with Crippen LogP contribution in [0.3, 0.4) is 0 Å². The molecule has 7 nitrogen and oxygen atoms in total. The van der Waals surface area contributed by atoms with Gasteiger partial charge >= 0.3 is 0 Å². The van der Waals surface area contributed by atoms with Gasteiger partial charge in [0.25, 0.3) is 0 Å². The van der Waals surface area contributed by atoms with Gasteiger partial charge in [0.15, 0.2) is 0 Å². The number of carbonyl (C=O) groups excluding carboxylic acids is 2. The van der Waals surface area contributed by atoms with Crippen molar-refractivity contribution in [1.29, 1.82) is 0 Å². The largest absolute Gasteiger partial charge is 0.352 e. The van der Waals surface area contributed by atoms with Gasteiger partial charge in [0.2, 0.25) is 21.8 Å². The molecule has 2 rings (SSSR count). The molecule has 0 saturated heterocycles. The number of hydrogen-bond acceptors (Lipinski definition) is 4. The van der Waals surface area contributed by atoms with Gasteiger partial charge in [0.05, 0.1) is 27.0 Å². The second kappa shape index (κ2) is 12.2. The van der Waals surface area contributed by atoms with Crippen LogP contribution in [-0.2, 0) is 26.2 Å². The van der Waals surface area contributed by atoms with Crippen LogP contribution in [0.4, 0.5) is 5.69 Å². The van der Waals surface area contributed by atoms with Gasteiger partial charge in [-0.05, 0) is 50.6 Å². The van der Waals surface area contributed by atoms with E-state index in [0.29, 0.717) is 15.6 Å². The molecule has 1 atom stereocenters. The van der Waals surface area contributed by atoms with Gasteiger partial charge < -0.3 is 10.2 Å². The summed E-state index contributed by atoms with van der Waals surface area (Å²) in [4.78, 5) is 27.5. The number of anilines is 1. The average Bonchev–Trinajstić information content (AvgIpc) is 2.72. The lowest BCUT2D eigenvalue weighted by Gasteiger charge is -2.32. The van der Waals surface area contributed by atoms with E-state index in [0.717, 1.165) is 10.6 Å². The Kier molecular flexibility index (Phi) is 10.4. The highest BCUT2D eigenvalue weighted by Gasteiger charge is 2.31. The SMILES string of the molecule is CC(C)NC(=O)C(C)N(Cc1ccc(Cl)cc1Cl)C(=O)CN(c1cc(Cl)c(Cl)cc1Cl)S(C)(=O)=O. The predicted molar refractivity (Wildman–Crippen MR) is 143 cm³/mol. The molecule has 0 heterocycles. The third-order valence-corrected chi connectivity index (χ3v) is 7.63. The molecule has 0 spiro atoms. The van der Waals surface area contributed by atoms with Crippen LogP contribution in [0.2, 0.25) is 25.1 Å². The Morgan fingerprint density at radius 3 is 2.06 bits per heavy atom. The summed E-state index contributed by atoms with van der Waals surface area (Å²) in [7, 11) is -3.99. The van der Waals surface area contributed by atoms with Crippen molar-refractivity contribution in [2.45, 2.75) is 39.4 Å². The minimum Gasteiger partial charge on any atom is -0.352 e. The molecule has 0 saturated carbocycles. The summed E-state index contributed by atoms with van der Waals surface area (Å²) in [5, 5.41) is 3.61. The van der Waals surface area contributed by atoms with E-state index in [1.54, 1.807) is 26.0 Å². The smallest absolute Gasteiger partial charge is 0.244 e. The van der Waals surface area contributed by atoms with Crippen LogP contribution >= 0.6 is 58.0 Å². The molecule has 0 aromatic heterocycles. The van der Waals surface area contributed by atoms with Gasteiger partial charge in [-0.3, -0.25) is 13.9 Å². The number of nitrogens with zero attached hydrogens (tertiary/aromatic N) is 2. The molecule has 2 amide bonds. The molecule has 0 fully saturated rings. The molecule has 1 unspecified atom stereocenters. The highest BCUT2D eigenvalue weighted by atomic mass is 35.5. The van der Waals surface area contributed by atoms with E-state index in [4.69, 9.17) is 58.0 Å². The predicted octanol–water partition coefficient (Wildman–Crippen LogP) is 5.66. The van der Waals surface area contributed by atoms with Crippen molar-refractivity contribution in [1.82, 2.24) is 10.2 Å². The van der Waals surface area contributed by atoms with Crippen molar-refractivity contribution in [3.05, 3.63) is 61.0 Å². The molecule has 2 aromatic carbocycles. The normalized spacial score (nSPS) is 12.4. The van der Waals surface area contributed by atoms with E-state index in [9.17, 15) is 18.0 Å². The third-order valence-electron chi connectivity index (χ3n) is 4.89. The zero-order valence-corrected chi connectivity index (χ0v) is 23.9. The molecule has 192 valence electrons. The second-order valence-corrected chi connectivity index (χ2v) is 12.1. The van der Waals surface area contributed by atoms with Gasteiger partial charge in [-0.2, -0.15) is 0 Å². The maximum absolute atomic E-state index is 13.5. The van der Waals surface area contributed by atoms with E-state index in [1.807, 2.05) is 0 Å². The number of hydrogen-bond donors (Lipinski definition) is 1. The lowest BCUT2D eigenvalue weighted by atomic mass is 10.1. The molecule has 0 aliphatic carbocycles. The van der Waals surface area contributed by atoms with Crippen LogP contribution in [0.25, 0.3) is 0 Å². The molecule has 0 aliphatic heterocycles. The molecule has 35 heavy (non-hydrogen) atoms. The average molecular weight is 604 g/mol. The summed E-state index contributed by atoms with van der Waals surface area (Å²) in [6.45, 7) is 4.38. The molecule has 0 radical (unpaired) electrons. The zero-order chi connectivity index (χ0) is 26.7. The monoisotopic (exact) mass is 601 g/mol. The molecule has 0 aliphatic rings. The Hall–Kier alpha value is -1.42. The maximum Gasteiger partial charge on any atom is 0.244 e. The van der Waals surface area contributed by atoms with Crippen molar-refractivity contribution in [2.75, 3.05) is 17.1 Å². The first-order valence-electron chi connectivity index (χ1n) is 10.3. The summed E-state index contributed by atoms with van der Waals surface area (Å²) in [5.74, 6) is -1.09. The van der Waals surface area contributed by atoms with E-state index in [2.05, 4.69) is 5.32 Å². The Labute approximate surface area is 230 Å². The Morgan fingerprint density at radius 1 is 0.914 bits per heavy atom. The fourth-order valence-electron chi connectivity index (χ4n) is 3.12. The molecular weight excluding hydrogens is 580 g/mol. The van der Waals surface area contributed by atoms with E-state index >= 15 is 0 Å². The highest BCUT2D eigenvalue weighted by Crippen LogP contribution is 2.35. The van der Waals surface area contributed by atoms with Gasteiger partial charge in [0.1, 0.15) is 12.6 Å². The number of halogens is 5. The number of carbonyl (C=O) groups is 2. The Bertz CT molecular complexity index is 1220. The first-order valence-corrected chi connectivity index (χ1v) is 14.0. The van der Waals surface area contributed by atoms with Gasteiger partial charge in [-0.15, -0.1) is 0 Å². The van der Waals surface area contributed by atoms with E-state index in [1.165, 1.54) is 30.0 Å². The lowest BCUT2D eigenvalue weighted by molar-refractivity contribution is -0.139. The van der Waals surface area contributed by atoms with Crippen LogP contribution in [0.5, 0.6) is 0 Å². The molecule has 1 N–H and O–H groups in total. The number of nitrogens with one attached hydrogen (secondary N) is 1. The van der Waals surface area contributed by atoms with Gasteiger partial charge in [0, 0.05) is 22.6 Å². The molecule has 0 bridgehead atoms. The lowest BCUT2D eigenvalue weighted by Crippen LogP contribution is -2.52. The highest BCUT2D eigenvalue weighted by molar-refractivity contribution is 7.92. The number of sulfonamides is 1. The van der Waals surface area contributed by atoms with E-state index < -0.39 is 34.4 Å². The number of rotatable bonds is 9. The summed E-state index contributed by atoms with van der Waals surface area (Å²) in [5.41, 5.74) is 0.493. The Morgan fingerprint density at radius 2 is 1.51 bits per heavy atom. The second-order valence-electron chi connectivity index (χ2n) is 8.08. The first-order chi connectivity index (χ1) is 16.1. The molecule has 2 aromatic rings. The quantitative estimate of drug-likeness (QED) is 0.375. The fraction of sp³-hybridized carbons (Fsp3) is 0.364. The van der Waals surface area contributed by atoms with Crippen LogP contribution in [-0.4, -0.2) is 50.0 Å². The fourth-order valence-corrected chi connectivity index (χ4v) is 5.13. The third kappa shape index (κ3) is 8.03. The number of amides is 2. The molecule has 13 heteroatoms. The minimum absolute atomic E-state index is 0.0180. The topological polar surface area (TPSA) is 86.8 Å². The summed E-state index contributed by atoms with van der Waals surface area (Å²) in [6.07, 6.45) is 0.925. The van der Waals surface area contributed by atoms with Crippen LogP contribution in [0.15, 0.2) is 30.3 Å². The van der Waals surface area contributed by atoms with Crippen molar-refractivity contribution in [3.63, 3.8) is 0 Å². The summed E-state index contributed by atoms with van der Waals surface area (Å²) in [6, 6.07) is 6.15.